The predicted octanol–water partition coefficient (Wildman–Crippen LogP) is 6.43. The third-order valence-corrected chi connectivity index (χ3v) is 5.88. The molecule has 0 aliphatic carbocycles. The van der Waals surface area contributed by atoms with Crippen molar-refractivity contribution in [3.8, 4) is 0 Å². The van der Waals surface area contributed by atoms with Gasteiger partial charge < -0.3 is 4.98 Å². The molecule has 0 atom stereocenters. The maximum Gasteiger partial charge on any atom is 0.146 e. The largest absolute Gasteiger partial charge is 0.354 e. The normalized spacial score (nSPS) is 12.3. The van der Waals surface area contributed by atoms with Gasteiger partial charge in [-0.1, -0.05) is 54.6 Å². The Kier molecular flexibility index (Phi) is 2.49. The van der Waals surface area contributed by atoms with Crippen molar-refractivity contribution in [1.29, 1.82) is 0 Å². The molecule has 3 nitrogen and oxygen atoms in total. The minimum Gasteiger partial charge on any atom is -0.354 e. The highest BCUT2D eigenvalue weighted by Crippen LogP contribution is 2.36. The maximum atomic E-state index is 4.97. The van der Waals surface area contributed by atoms with Gasteiger partial charge in [0.1, 0.15) is 5.65 Å². The van der Waals surface area contributed by atoms with Crippen LogP contribution in [-0.4, -0.2) is 14.4 Å². The molecule has 0 fully saturated rings. The Bertz CT molecular complexity index is 1720. The number of aromatic amines is 1. The summed E-state index contributed by atoms with van der Waals surface area (Å²) in [4.78, 5) is 8.56. The number of fused-ring (bicyclic) bond motifs is 11. The molecule has 0 bridgehead atoms. The van der Waals surface area contributed by atoms with Crippen LogP contribution in [-0.2, 0) is 0 Å². The Morgan fingerprint density at radius 3 is 2.25 bits per heavy atom. The lowest BCUT2D eigenvalue weighted by Crippen LogP contribution is -1.91. The van der Waals surface area contributed by atoms with E-state index in [-0.39, 0.29) is 0 Å². The number of aromatic nitrogens is 3. The number of pyridine rings is 1. The summed E-state index contributed by atoms with van der Waals surface area (Å²) in [6.07, 6.45) is 0. The number of nitrogens with zero attached hydrogens (tertiary/aromatic N) is 2. The van der Waals surface area contributed by atoms with Crippen molar-refractivity contribution in [3.05, 3.63) is 84.9 Å². The summed E-state index contributed by atoms with van der Waals surface area (Å²) >= 11 is 0. The lowest BCUT2D eigenvalue weighted by molar-refractivity contribution is 1.32. The molecule has 0 unspecified atom stereocenters. The molecule has 1 N–H and O–H groups in total. The zero-order valence-electron chi connectivity index (χ0n) is 15.0. The molecule has 130 valence electrons. The van der Waals surface area contributed by atoms with Crippen molar-refractivity contribution in [2.75, 3.05) is 0 Å². The first kappa shape index (κ1) is 14.2. The predicted molar refractivity (Wildman–Crippen MR) is 117 cm³/mol. The maximum absolute atomic E-state index is 4.97. The van der Waals surface area contributed by atoms with Crippen molar-refractivity contribution in [2.45, 2.75) is 0 Å². The zero-order chi connectivity index (χ0) is 18.2. The van der Waals surface area contributed by atoms with Gasteiger partial charge in [0.15, 0.2) is 0 Å². The summed E-state index contributed by atoms with van der Waals surface area (Å²) in [6.45, 7) is 0. The molecule has 0 saturated carbocycles. The van der Waals surface area contributed by atoms with E-state index in [9.17, 15) is 0 Å². The molecule has 3 aromatic heterocycles. The topological polar surface area (TPSA) is 33.1 Å². The first-order chi connectivity index (χ1) is 13.9. The Morgan fingerprint density at radius 1 is 0.571 bits per heavy atom. The zero-order valence-corrected chi connectivity index (χ0v) is 15.0. The molecular formula is C25H15N3. The third kappa shape index (κ3) is 1.66. The van der Waals surface area contributed by atoms with Gasteiger partial charge in [-0.2, -0.15) is 0 Å². The van der Waals surface area contributed by atoms with Gasteiger partial charge in [0.05, 0.1) is 16.6 Å². The molecule has 7 aromatic rings. The number of rotatable bonds is 0. The van der Waals surface area contributed by atoms with E-state index in [2.05, 4.69) is 94.3 Å². The number of imidazole rings is 1. The van der Waals surface area contributed by atoms with Crippen LogP contribution >= 0.6 is 0 Å². The van der Waals surface area contributed by atoms with E-state index in [1.54, 1.807) is 0 Å². The number of benzene rings is 4. The summed E-state index contributed by atoms with van der Waals surface area (Å²) in [7, 11) is 0. The van der Waals surface area contributed by atoms with Crippen molar-refractivity contribution in [3.63, 3.8) is 0 Å². The molecule has 0 aliphatic heterocycles. The second-order valence-electron chi connectivity index (χ2n) is 7.39. The average molecular weight is 357 g/mol. The minimum absolute atomic E-state index is 1.01. The molecule has 4 aromatic carbocycles. The van der Waals surface area contributed by atoms with E-state index in [0.29, 0.717) is 0 Å². The molecule has 0 amide bonds. The fourth-order valence-corrected chi connectivity index (χ4v) is 4.65. The van der Waals surface area contributed by atoms with Gasteiger partial charge in [0, 0.05) is 32.6 Å². The minimum atomic E-state index is 1.01. The van der Waals surface area contributed by atoms with E-state index >= 15 is 0 Å². The number of hydrogen-bond acceptors (Lipinski definition) is 1. The molecule has 7 rings (SSSR count). The number of para-hydroxylation sites is 3. The summed E-state index contributed by atoms with van der Waals surface area (Å²) in [5.41, 5.74) is 6.69. The van der Waals surface area contributed by atoms with Crippen molar-refractivity contribution < 1.29 is 0 Å². The summed E-state index contributed by atoms with van der Waals surface area (Å²) in [5, 5.41) is 6.21. The van der Waals surface area contributed by atoms with Gasteiger partial charge in [-0.25, -0.2) is 4.98 Å². The van der Waals surface area contributed by atoms with Crippen LogP contribution < -0.4 is 0 Å². The highest BCUT2D eigenvalue weighted by molar-refractivity contribution is 6.19. The van der Waals surface area contributed by atoms with Gasteiger partial charge in [0.2, 0.25) is 0 Å². The molecule has 28 heavy (non-hydrogen) atoms. The molecular weight excluding hydrogens is 342 g/mol. The molecule has 0 saturated heterocycles. The standard InChI is InChI=1S/C25H15N3/c1-2-9-17-15(7-1)19-13-18-16-8-3-4-10-20(16)26-22(18)14-24(19)28-23-12-6-5-11-21(23)27-25(17)28/h1-14,26H. The molecule has 3 heterocycles. The first-order valence-electron chi connectivity index (χ1n) is 9.50. The highest BCUT2D eigenvalue weighted by atomic mass is 15.0. The van der Waals surface area contributed by atoms with Crippen LogP contribution in [0.3, 0.4) is 0 Å². The van der Waals surface area contributed by atoms with Gasteiger partial charge in [-0.3, -0.25) is 4.40 Å². The highest BCUT2D eigenvalue weighted by Gasteiger charge is 2.15. The van der Waals surface area contributed by atoms with Crippen molar-refractivity contribution in [1.82, 2.24) is 14.4 Å². The Balaban J connectivity index is 1.85. The quantitative estimate of drug-likeness (QED) is 0.312. The van der Waals surface area contributed by atoms with Gasteiger partial charge in [-0.05, 0) is 35.7 Å². The van der Waals surface area contributed by atoms with Crippen LogP contribution in [0, 0.1) is 0 Å². The molecule has 0 aliphatic rings. The van der Waals surface area contributed by atoms with Crippen LogP contribution in [0.5, 0.6) is 0 Å². The van der Waals surface area contributed by atoms with E-state index in [0.717, 1.165) is 22.2 Å². The number of hydrogen-bond donors (Lipinski definition) is 1. The monoisotopic (exact) mass is 357 g/mol. The SMILES string of the molecule is c1ccc2c(c1)nc1c3ccccc3c3cc4c(cc3n21)[nH]c1ccccc14. The second kappa shape index (κ2) is 4.90. The Labute approximate surface area is 159 Å². The lowest BCUT2D eigenvalue weighted by atomic mass is 10.0. The fourth-order valence-electron chi connectivity index (χ4n) is 4.65. The van der Waals surface area contributed by atoms with Crippen molar-refractivity contribution >= 4 is 60.2 Å². The average Bonchev–Trinajstić information content (AvgIpc) is 3.31. The molecule has 0 radical (unpaired) electrons. The van der Waals surface area contributed by atoms with Crippen LogP contribution in [0.1, 0.15) is 0 Å². The van der Waals surface area contributed by atoms with Crippen molar-refractivity contribution in [2.24, 2.45) is 0 Å². The smallest absolute Gasteiger partial charge is 0.146 e. The molecule has 3 heteroatoms. The summed E-state index contributed by atoms with van der Waals surface area (Å²) in [5.74, 6) is 0. The summed E-state index contributed by atoms with van der Waals surface area (Å²) < 4.78 is 2.30. The third-order valence-electron chi connectivity index (χ3n) is 5.88. The van der Waals surface area contributed by atoms with Crippen LogP contribution in [0.2, 0.25) is 0 Å². The van der Waals surface area contributed by atoms with Gasteiger partial charge in [-0.15, -0.1) is 0 Å². The van der Waals surface area contributed by atoms with E-state index < -0.39 is 0 Å². The molecule has 0 spiro atoms. The summed E-state index contributed by atoms with van der Waals surface area (Å²) in [6, 6.07) is 30.1. The number of H-pyrrole nitrogens is 1. The lowest BCUT2D eigenvalue weighted by Gasteiger charge is -2.09. The fraction of sp³-hybridized carbons (Fsp3) is 0. The Morgan fingerprint density at radius 2 is 1.32 bits per heavy atom. The first-order valence-corrected chi connectivity index (χ1v) is 9.50. The van der Waals surface area contributed by atoms with Crippen LogP contribution in [0.15, 0.2) is 84.9 Å². The van der Waals surface area contributed by atoms with E-state index in [1.165, 1.54) is 38.0 Å². The van der Waals surface area contributed by atoms with Gasteiger partial charge >= 0.3 is 0 Å². The second-order valence-corrected chi connectivity index (χ2v) is 7.39. The van der Waals surface area contributed by atoms with Crippen LogP contribution in [0.25, 0.3) is 60.2 Å². The number of nitrogens with one attached hydrogen (secondary N) is 1. The van der Waals surface area contributed by atoms with Crippen LogP contribution in [0.4, 0.5) is 0 Å². The van der Waals surface area contributed by atoms with E-state index in [4.69, 9.17) is 4.98 Å². The Hall–Kier alpha value is -3.85. The van der Waals surface area contributed by atoms with E-state index in [1.807, 2.05) is 0 Å². The van der Waals surface area contributed by atoms with Gasteiger partial charge in [0.25, 0.3) is 0 Å².